The summed E-state index contributed by atoms with van der Waals surface area (Å²) < 4.78 is 0. The Balaban J connectivity index is 2.07. The number of piperidine rings is 1. The quantitative estimate of drug-likeness (QED) is 0.584. The van der Waals surface area contributed by atoms with Crippen molar-refractivity contribution in [2.75, 3.05) is 6.54 Å². The standard InChI is InChI=1S/C11H21N/c1-9-7-11(2)6-4-3-5-10(11)12-8-9/h9-10,12H,3-8H2,1-2H3/t9-,10+,11+/m0/s1. The Morgan fingerprint density at radius 3 is 3.00 bits per heavy atom. The third-order valence-corrected chi connectivity index (χ3v) is 3.86. The second kappa shape index (κ2) is 3.02. The minimum atomic E-state index is 0.635. The van der Waals surface area contributed by atoms with Crippen LogP contribution >= 0.6 is 0 Å². The normalized spacial score (nSPS) is 48.5. The first-order valence-electron chi connectivity index (χ1n) is 5.44. The first-order chi connectivity index (χ1) is 5.71. The molecule has 0 aromatic carbocycles. The number of hydrogen-bond donors (Lipinski definition) is 1. The molecule has 0 bridgehead atoms. The zero-order chi connectivity index (χ0) is 8.60. The van der Waals surface area contributed by atoms with Gasteiger partial charge < -0.3 is 5.32 Å². The molecule has 1 N–H and O–H groups in total. The first-order valence-corrected chi connectivity index (χ1v) is 5.44. The van der Waals surface area contributed by atoms with Gasteiger partial charge in [-0.05, 0) is 37.1 Å². The van der Waals surface area contributed by atoms with Crippen LogP contribution in [0.4, 0.5) is 0 Å². The molecule has 0 aromatic rings. The van der Waals surface area contributed by atoms with Crippen molar-refractivity contribution in [3.8, 4) is 0 Å². The zero-order valence-electron chi connectivity index (χ0n) is 8.40. The highest BCUT2D eigenvalue weighted by Gasteiger charge is 2.39. The molecule has 2 aliphatic rings. The summed E-state index contributed by atoms with van der Waals surface area (Å²) in [4.78, 5) is 0. The highest BCUT2D eigenvalue weighted by atomic mass is 15.0. The van der Waals surface area contributed by atoms with E-state index in [-0.39, 0.29) is 0 Å². The largest absolute Gasteiger partial charge is 0.313 e. The van der Waals surface area contributed by atoms with Crippen LogP contribution in [-0.2, 0) is 0 Å². The predicted molar refractivity (Wildman–Crippen MR) is 52.1 cm³/mol. The second-order valence-electron chi connectivity index (χ2n) is 5.17. The van der Waals surface area contributed by atoms with Gasteiger partial charge in [0.05, 0.1) is 0 Å². The van der Waals surface area contributed by atoms with Gasteiger partial charge in [0.25, 0.3) is 0 Å². The molecule has 1 heterocycles. The molecule has 12 heavy (non-hydrogen) atoms. The van der Waals surface area contributed by atoms with Gasteiger partial charge in [0, 0.05) is 6.04 Å². The molecular formula is C11H21N. The number of hydrogen-bond acceptors (Lipinski definition) is 1. The van der Waals surface area contributed by atoms with Crippen LogP contribution in [0.2, 0.25) is 0 Å². The van der Waals surface area contributed by atoms with Crippen molar-refractivity contribution in [1.82, 2.24) is 5.32 Å². The Labute approximate surface area is 75.9 Å². The molecule has 3 atom stereocenters. The second-order valence-corrected chi connectivity index (χ2v) is 5.17. The van der Waals surface area contributed by atoms with Crippen molar-refractivity contribution in [1.29, 1.82) is 0 Å². The Morgan fingerprint density at radius 2 is 2.17 bits per heavy atom. The van der Waals surface area contributed by atoms with Gasteiger partial charge >= 0.3 is 0 Å². The van der Waals surface area contributed by atoms with E-state index in [0.29, 0.717) is 5.41 Å². The Morgan fingerprint density at radius 1 is 1.33 bits per heavy atom. The van der Waals surface area contributed by atoms with Crippen molar-refractivity contribution in [2.24, 2.45) is 11.3 Å². The van der Waals surface area contributed by atoms with Crippen LogP contribution in [0.1, 0.15) is 46.0 Å². The first kappa shape index (κ1) is 8.55. The maximum Gasteiger partial charge on any atom is 0.0121 e. The number of fused-ring (bicyclic) bond motifs is 1. The predicted octanol–water partition coefficient (Wildman–Crippen LogP) is 2.56. The molecule has 1 saturated carbocycles. The molecule has 1 aliphatic carbocycles. The highest BCUT2D eigenvalue weighted by molar-refractivity contribution is 4.95. The van der Waals surface area contributed by atoms with E-state index in [9.17, 15) is 0 Å². The molecule has 0 unspecified atom stereocenters. The lowest BCUT2D eigenvalue weighted by molar-refractivity contribution is 0.0753. The Hall–Kier alpha value is -0.0400. The molecule has 0 radical (unpaired) electrons. The van der Waals surface area contributed by atoms with Crippen LogP contribution in [0.3, 0.4) is 0 Å². The summed E-state index contributed by atoms with van der Waals surface area (Å²) >= 11 is 0. The highest BCUT2D eigenvalue weighted by Crippen LogP contribution is 2.43. The molecule has 2 fully saturated rings. The van der Waals surface area contributed by atoms with Gasteiger partial charge in [-0.15, -0.1) is 0 Å². The van der Waals surface area contributed by atoms with Crippen LogP contribution in [0.25, 0.3) is 0 Å². The molecular weight excluding hydrogens is 146 g/mol. The maximum atomic E-state index is 3.71. The Kier molecular flexibility index (Phi) is 2.16. The smallest absolute Gasteiger partial charge is 0.0121 e. The number of nitrogens with one attached hydrogen (secondary N) is 1. The molecule has 2 rings (SSSR count). The molecule has 0 aromatic heterocycles. The van der Waals surface area contributed by atoms with Crippen LogP contribution in [0.15, 0.2) is 0 Å². The van der Waals surface area contributed by atoms with E-state index in [1.54, 1.807) is 0 Å². The Bertz CT molecular complexity index is 166. The van der Waals surface area contributed by atoms with E-state index in [1.807, 2.05) is 0 Å². The molecule has 0 spiro atoms. The average molecular weight is 167 g/mol. The minimum absolute atomic E-state index is 0.635. The van der Waals surface area contributed by atoms with Crippen LogP contribution in [0, 0.1) is 11.3 Å². The summed E-state index contributed by atoms with van der Waals surface area (Å²) in [5.74, 6) is 0.893. The summed E-state index contributed by atoms with van der Waals surface area (Å²) in [7, 11) is 0. The van der Waals surface area contributed by atoms with Gasteiger partial charge in [0.1, 0.15) is 0 Å². The van der Waals surface area contributed by atoms with Crippen LogP contribution < -0.4 is 5.32 Å². The number of rotatable bonds is 0. The fourth-order valence-electron chi connectivity index (χ4n) is 3.20. The monoisotopic (exact) mass is 167 g/mol. The van der Waals surface area contributed by atoms with Gasteiger partial charge in [-0.1, -0.05) is 26.7 Å². The van der Waals surface area contributed by atoms with Crippen molar-refractivity contribution >= 4 is 0 Å². The SMILES string of the molecule is C[C@@H]1CN[C@@H]2CCCC[C@]2(C)C1. The van der Waals surface area contributed by atoms with E-state index in [2.05, 4.69) is 19.2 Å². The van der Waals surface area contributed by atoms with E-state index in [0.717, 1.165) is 12.0 Å². The average Bonchev–Trinajstić information content (AvgIpc) is 2.02. The zero-order valence-corrected chi connectivity index (χ0v) is 8.40. The summed E-state index contributed by atoms with van der Waals surface area (Å²) in [6.07, 6.45) is 7.23. The summed E-state index contributed by atoms with van der Waals surface area (Å²) in [5, 5.41) is 3.71. The molecule has 0 amide bonds. The summed E-state index contributed by atoms with van der Waals surface area (Å²) in [6.45, 7) is 6.11. The minimum Gasteiger partial charge on any atom is -0.313 e. The lowest BCUT2D eigenvalue weighted by Gasteiger charge is -2.47. The van der Waals surface area contributed by atoms with Gasteiger partial charge in [-0.25, -0.2) is 0 Å². The van der Waals surface area contributed by atoms with Gasteiger partial charge in [0.2, 0.25) is 0 Å². The fraction of sp³-hybridized carbons (Fsp3) is 1.00. The lowest BCUT2D eigenvalue weighted by Crippen LogP contribution is -2.52. The van der Waals surface area contributed by atoms with Gasteiger partial charge in [0.15, 0.2) is 0 Å². The van der Waals surface area contributed by atoms with Gasteiger partial charge in [-0.3, -0.25) is 0 Å². The molecule has 1 heteroatoms. The third-order valence-electron chi connectivity index (χ3n) is 3.86. The maximum absolute atomic E-state index is 3.71. The topological polar surface area (TPSA) is 12.0 Å². The van der Waals surface area contributed by atoms with Gasteiger partial charge in [-0.2, -0.15) is 0 Å². The van der Waals surface area contributed by atoms with Crippen molar-refractivity contribution in [2.45, 2.75) is 52.0 Å². The molecule has 1 saturated heterocycles. The summed E-state index contributed by atoms with van der Waals surface area (Å²) in [5.41, 5.74) is 0.635. The summed E-state index contributed by atoms with van der Waals surface area (Å²) in [6, 6.07) is 0.836. The van der Waals surface area contributed by atoms with Crippen molar-refractivity contribution in [3.63, 3.8) is 0 Å². The van der Waals surface area contributed by atoms with E-state index in [1.165, 1.54) is 38.6 Å². The van der Waals surface area contributed by atoms with Crippen LogP contribution in [0.5, 0.6) is 0 Å². The molecule has 70 valence electrons. The van der Waals surface area contributed by atoms with E-state index in [4.69, 9.17) is 0 Å². The van der Waals surface area contributed by atoms with Crippen LogP contribution in [-0.4, -0.2) is 12.6 Å². The molecule has 1 aliphatic heterocycles. The van der Waals surface area contributed by atoms with E-state index >= 15 is 0 Å². The molecule has 1 nitrogen and oxygen atoms in total. The van der Waals surface area contributed by atoms with Crippen molar-refractivity contribution in [3.05, 3.63) is 0 Å². The van der Waals surface area contributed by atoms with Crippen molar-refractivity contribution < 1.29 is 0 Å². The lowest BCUT2D eigenvalue weighted by atomic mass is 9.65. The van der Waals surface area contributed by atoms with E-state index < -0.39 is 0 Å². The third kappa shape index (κ3) is 1.39. The fourth-order valence-corrected chi connectivity index (χ4v) is 3.20.